The fourth-order valence-electron chi connectivity index (χ4n) is 1.96. The van der Waals surface area contributed by atoms with Gasteiger partial charge in [0.05, 0.1) is 0 Å². The SMILES string of the molecule is C=Cc1ccccc1[C@@H]1CCCN1. The summed E-state index contributed by atoms with van der Waals surface area (Å²) in [5.41, 5.74) is 2.66. The van der Waals surface area contributed by atoms with Gasteiger partial charge in [-0.05, 0) is 30.5 Å². The molecule has 1 N–H and O–H groups in total. The van der Waals surface area contributed by atoms with Gasteiger partial charge in [0.25, 0.3) is 0 Å². The van der Waals surface area contributed by atoms with Crippen molar-refractivity contribution in [1.82, 2.24) is 5.32 Å². The second kappa shape index (κ2) is 3.75. The highest BCUT2D eigenvalue weighted by atomic mass is 14.9. The van der Waals surface area contributed by atoms with Crippen LogP contribution in [0.1, 0.15) is 30.0 Å². The maximum Gasteiger partial charge on any atom is 0.0326 e. The van der Waals surface area contributed by atoms with Crippen LogP contribution < -0.4 is 5.32 Å². The minimum atomic E-state index is 0.550. The van der Waals surface area contributed by atoms with Crippen LogP contribution in [0.5, 0.6) is 0 Å². The molecule has 1 nitrogen and oxygen atoms in total. The molecule has 1 fully saturated rings. The Morgan fingerprint density at radius 3 is 2.92 bits per heavy atom. The van der Waals surface area contributed by atoms with E-state index in [1.54, 1.807) is 0 Å². The second-order valence-electron chi connectivity index (χ2n) is 3.48. The summed E-state index contributed by atoms with van der Waals surface area (Å²) in [6.45, 7) is 4.98. The number of hydrogen-bond donors (Lipinski definition) is 1. The highest BCUT2D eigenvalue weighted by Gasteiger charge is 2.17. The standard InChI is InChI=1S/C12H15N/c1-2-10-6-3-4-7-11(10)12-8-5-9-13-12/h2-4,6-7,12-13H,1,5,8-9H2/t12-/m0/s1. The summed E-state index contributed by atoms with van der Waals surface area (Å²) in [5.74, 6) is 0. The molecule has 0 aliphatic carbocycles. The van der Waals surface area contributed by atoms with Gasteiger partial charge in [0.15, 0.2) is 0 Å². The van der Waals surface area contributed by atoms with Crippen molar-refractivity contribution < 1.29 is 0 Å². The van der Waals surface area contributed by atoms with Gasteiger partial charge >= 0.3 is 0 Å². The van der Waals surface area contributed by atoms with Crippen LogP contribution in [-0.4, -0.2) is 6.54 Å². The third-order valence-corrected chi connectivity index (χ3v) is 2.65. The zero-order valence-electron chi connectivity index (χ0n) is 7.79. The third-order valence-electron chi connectivity index (χ3n) is 2.65. The second-order valence-corrected chi connectivity index (χ2v) is 3.48. The maximum atomic E-state index is 3.84. The van der Waals surface area contributed by atoms with Crippen molar-refractivity contribution in [1.29, 1.82) is 0 Å². The van der Waals surface area contributed by atoms with E-state index < -0.39 is 0 Å². The molecule has 13 heavy (non-hydrogen) atoms. The number of nitrogens with one attached hydrogen (secondary N) is 1. The molecule has 0 aromatic heterocycles. The molecular weight excluding hydrogens is 158 g/mol. The first-order valence-corrected chi connectivity index (χ1v) is 4.86. The lowest BCUT2D eigenvalue weighted by Gasteiger charge is -2.13. The lowest BCUT2D eigenvalue weighted by atomic mass is 9.99. The Morgan fingerprint density at radius 2 is 2.23 bits per heavy atom. The van der Waals surface area contributed by atoms with Gasteiger partial charge in [-0.25, -0.2) is 0 Å². The van der Waals surface area contributed by atoms with Crippen molar-refractivity contribution in [3.63, 3.8) is 0 Å². The molecule has 1 heterocycles. The third kappa shape index (κ3) is 1.65. The Kier molecular flexibility index (Phi) is 2.46. The summed E-state index contributed by atoms with van der Waals surface area (Å²) in [6, 6.07) is 9.04. The summed E-state index contributed by atoms with van der Waals surface area (Å²) in [6.07, 6.45) is 4.48. The van der Waals surface area contributed by atoms with Crippen LogP contribution in [0.2, 0.25) is 0 Å². The lowest BCUT2D eigenvalue weighted by Crippen LogP contribution is -2.13. The molecule has 0 bridgehead atoms. The molecule has 1 aliphatic rings. The summed E-state index contributed by atoms with van der Waals surface area (Å²) in [5, 5.41) is 3.50. The van der Waals surface area contributed by atoms with Crippen LogP contribution in [0, 0.1) is 0 Å². The first kappa shape index (κ1) is 8.52. The molecule has 1 aromatic carbocycles. The van der Waals surface area contributed by atoms with E-state index in [9.17, 15) is 0 Å². The van der Waals surface area contributed by atoms with Crippen molar-refractivity contribution in [3.8, 4) is 0 Å². The molecule has 1 aliphatic heterocycles. The van der Waals surface area contributed by atoms with Crippen molar-refractivity contribution in [3.05, 3.63) is 42.0 Å². The zero-order chi connectivity index (χ0) is 9.10. The smallest absolute Gasteiger partial charge is 0.0326 e. The first-order chi connectivity index (χ1) is 6.42. The molecular formula is C12H15N. The molecule has 1 saturated heterocycles. The van der Waals surface area contributed by atoms with E-state index in [0.29, 0.717) is 6.04 Å². The zero-order valence-corrected chi connectivity index (χ0v) is 7.79. The topological polar surface area (TPSA) is 12.0 Å². The van der Waals surface area contributed by atoms with Gasteiger partial charge in [0, 0.05) is 6.04 Å². The van der Waals surface area contributed by atoms with Gasteiger partial charge in [-0.3, -0.25) is 0 Å². The molecule has 2 rings (SSSR count). The molecule has 1 atom stereocenters. The Bertz CT molecular complexity index is 298. The van der Waals surface area contributed by atoms with Gasteiger partial charge in [0.2, 0.25) is 0 Å². The average Bonchev–Trinajstić information content (AvgIpc) is 2.70. The van der Waals surface area contributed by atoms with Crippen LogP contribution >= 0.6 is 0 Å². The van der Waals surface area contributed by atoms with Gasteiger partial charge in [0.1, 0.15) is 0 Å². The van der Waals surface area contributed by atoms with Crippen molar-refractivity contribution in [2.75, 3.05) is 6.54 Å². The van der Waals surface area contributed by atoms with E-state index in [1.807, 2.05) is 6.08 Å². The van der Waals surface area contributed by atoms with Crippen molar-refractivity contribution >= 4 is 6.08 Å². The van der Waals surface area contributed by atoms with Crippen LogP contribution in [0.15, 0.2) is 30.8 Å². The van der Waals surface area contributed by atoms with E-state index in [2.05, 4.69) is 36.2 Å². The minimum absolute atomic E-state index is 0.550. The van der Waals surface area contributed by atoms with Crippen LogP contribution in [0.3, 0.4) is 0 Å². The largest absolute Gasteiger partial charge is 0.310 e. The molecule has 1 aromatic rings. The first-order valence-electron chi connectivity index (χ1n) is 4.86. The number of benzene rings is 1. The number of rotatable bonds is 2. The summed E-state index contributed by atoms with van der Waals surface area (Å²) < 4.78 is 0. The maximum absolute atomic E-state index is 3.84. The van der Waals surface area contributed by atoms with E-state index >= 15 is 0 Å². The Labute approximate surface area is 79.5 Å². The Balaban J connectivity index is 2.31. The summed E-state index contributed by atoms with van der Waals surface area (Å²) in [4.78, 5) is 0. The fourth-order valence-corrected chi connectivity index (χ4v) is 1.96. The lowest BCUT2D eigenvalue weighted by molar-refractivity contribution is 0.647. The van der Waals surface area contributed by atoms with Gasteiger partial charge in [-0.2, -0.15) is 0 Å². The fraction of sp³-hybridized carbons (Fsp3) is 0.333. The Morgan fingerprint density at radius 1 is 1.38 bits per heavy atom. The highest BCUT2D eigenvalue weighted by molar-refractivity contribution is 5.52. The Hall–Kier alpha value is -1.08. The average molecular weight is 173 g/mol. The number of hydrogen-bond acceptors (Lipinski definition) is 1. The molecule has 0 saturated carbocycles. The van der Waals surface area contributed by atoms with E-state index in [1.165, 1.54) is 24.0 Å². The van der Waals surface area contributed by atoms with E-state index in [-0.39, 0.29) is 0 Å². The molecule has 68 valence electrons. The van der Waals surface area contributed by atoms with E-state index in [4.69, 9.17) is 0 Å². The predicted octanol–water partition coefficient (Wildman–Crippen LogP) is 2.75. The summed E-state index contributed by atoms with van der Waals surface area (Å²) in [7, 11) is 0. The molecule has 0 radical (unpaired) electrons. The molecule has 1 heteroatoms. The normalized spacial score (nSPS) is 21.7. The van der Waals surface area contributed by atoms with Crippen LogP contribution in [-0.2, 0) is 0 Å². The minimum Gasteiger partial charge on any atom is -0.310 e. The molecule has 0 unspecified atom stereocenters. The van der Waals surface area contributed by atoms with E-state index in [0.717, 1.165) is 6.54 Å². The molecule has 0 spiro atoms. The van der Waals surface area contributed by atoms with Crippen LogP contribution in [0.25, 0.3) is 6.08 Å². The van der Waals surface area contributed by atoms with Gasteiger partial charge in [-0.1, -0.05) is 36.9 Å². The van der Waals surface area contributed by atoms with Gasteiger partial charge < -0.3 is 5.32 Å². The quantitative estimate of drug-likeness (QED) is 0.725. The highest BCUT2D eigenvalue weighted by Crippen LogP contribution is 2.26. The monoisotopic (exact) mass is 173 g/mol. The van der Waals surface area contributed by atoms with Gasteiger partial charge in [-0.15, -0.1) is 0 Å². The summed E-state index contributed by atoms with van der Waals surface area (Å²) >= 11 is 0. The van der Waals surface area contributed by atoms with Crippen molar-refractivity contribution in [2.45, 2.75) is 18.9 Å². The van der Waals surface area contributed by atoms with Crippen molar-refractivity contribution in [2.24, 2.45) is 0 Å². The predicted molar refractivity (Wildman–Crippen MR) is 56.5 cm³/mol. The molecule has 0 amide bonds. The van der Waals surface area contributed by atoms with Crippen LogP contribution in [0.4, 0.5) is 0 Å².